The third-order valence-corrected chi connectivity index (χ3v) is 9.18. The van der Waals surface area contributed by atoms with Crippen LogP contribution in [0.2, 0.25) is 0 Å². The molecule has 2 atom stereocenters. The second-order valence-corrected chi connectivity index (χ2v) is 11.7. The maximum absolute atomic E-state index is 14.5. The lowest BCUT2D eigenvalue weighted by molar-refractivity contribution is 0.0686. The highest BCUT2D eigenvalue weighted by Gasteiger charge is 2.44. The average molecular weight is 532 g/mol. The smallest absolute Gasteiger partial charge is 0.267 e. The molecular weight excluding hydrogens is 507 g/mol. The number of thiophene rings is 2. The van der Waals surface area contributed by atoms with E-state index in [4.69, 9.17) is 10.1 Å². The first-order valence-corrected chi connectivity index (χ1v) is 14.7. The average Bonchev–Trinajstić information content (AvgIpc) is 3.74. The maximum Gasteiger partial charge on any atom is 0.275 e. The Morgan fingerprint density at radius 1 is 0.921 bits per heavy atom. The minimum Gasteiger partial charge on any atom is -0.267 e. The van der Waals surface area contributed by atoms with Crippen molar-refractivity contribution in [2.45, 2.75) is 25.3 Å². The van der Waals surface area contributed by atoms with E-state index >= 15 is 0 Å². The van der Waals surface area contributed by atoms with Crippen molar-refractivity contribution in [3.8, 4) is 11.3 Å². The summed E-state index contributed by atoms with van der Waals surface area (Å²) >= 11 is 3.44. The number of para-hydroxylation sites is 1. The first kappa shape index (κ1) is 23.3. The molecule has 1 amide bonds. The van der Waals surface area contributed by atoms with E-state index in [0.717, 1.165) is 47.1 Å². The highest BCUT2D eigenvalue weighted by molar-refractivity contribution is 7.11. The maximum atomic E-state index is 14.5. The van der Waals surface area contributed by atoms with Gasteiger partial charge in [-0.15, -0.1) is 22.7 Å². The summed E-state index contributed by atoms with van der Waals surface area (Å²) in [6.45, 7) is 0. The number of carbonyl (C=O) groups is 1. The van der Waals surface area contributed by atoms with Crippen molar-refractivity contribution in [2.24, 2.45) is 11.0 Å². The second kappa shape index (κ2) is 9.78. The van der Waals surface area contributed by atoms with Crippen molar-refractivity contribution in [1.29, 1.82) is 0 Å². The number of benzene rings is 2. The van der Waals surface area contributed by atoms with E-state index in [2.05, 4.69) is 41.1 Å². The molecule has 2 aliphatic rings. The van der Waals surface area contributed by atoms with Crippen LogP contribution < -0.4 is 0 Å². The molecular formula is C32H25N3OS2. The zero-order valence-corrected chi connectivity index (χ0v) is 22.3. The lowest BCUT2D eigenvalue weighted by Crippen LogP contribution is -2.31. The van der Waals surface area contributed by atoms with Crippen LogP contribution in [0.1, 0.15) is 45.4 Å². The Balaban J connectivity index is 1.37. The summed E-state index contributed by atoms with van der Waals surface area (Å²) in [5.41, 5.74) is 5.56. The normalized spacial score (nSPS) is 20.1. The van der Waals surface area contributed by atoms with Crippen LogP contribution in [0.25, 0.3) is 28.2 Å². The van der Waals surface area contributed by atoms with Crippen molar-refractivity contribution in [1.82, 2.24) is 9.99 Å². The Bertz CT molecular complexity index is 1670. The van der Waals surface area contributed by atoms with Gasteiger partial charge in [0, 0.05) is 26.6 Å². The summed E-state index contributed by atoms with van der Waals surface area (Å²) in [5, 5.41) is 11.9. The number of rotatable bonds is 4. The molecule has 7 rings (SSSR count). The summed E-state index contributed by atoms with van der Waals surface area (Å²) < 4.78 is 0. The van der Waals surface area contributed by atoms with Gasteiger partial charge in [0.2, 0.25) is 0 Å². The van der Waals surface area contributed by atoms with Gasteiger partial charge in [-0.05, 0) is 65.9 Å². The minimum atomic E-state index is -0.100. The van der Waals surface area contributed by atoms with Crippen LogP contribution >= 0.6 is 22.7 Å². The van der Waals surface area contributed by atoms with E-state index in [0.29, 0.717) is 5.56 Å². The number of allylic oxidation sites excluding steroid dienone is 1. The SMILES string of the molecule is O=C(c1cc(-c2ccccc2)nc2ccccc12)N1N=C2/C(=C/c3cccs3)CCC[C@@H]2[C@@H]1c1cccs1. The van der Waals surface area contributed by atoms with Gasteiger partial charge in [-0.1, -0.05) is 60.7 Å². The van der Waals surface area contributed by atoms with Gasteiger partial charge in [-0.25, -0.2) is 9.99 Å². The fourth-order valence-corrected chi connectivity index (χ4v) is 7.24. The molecule has 5 aromatic rings. The first-order chi connectivity index (χ1) is 18.8. The van der Waals surface area contributed by atoms with Crippen LogP contribution in [0.5, 0.6) is 0 Å². The molecule has 0 bridgehead atoms. The lowest BCUT2D eigenvalue weighted by atomic mass is 9.79. The fraction of sp³-hybridized carbons (Fsp3) is 0.156. The summed E-state index contributed by atoms with van der Waals surface area (Å²) in [4.78, 5) is 21.8. The zero-order valence-electron chi connectivity index (χ0n) is 20.7. The molecule has 6 heteroatoms. The third-order valence-electron chi connectivity index (χ3n) is 7.42. The zero-order chi connectivity index (χ0) is 25.5. The van der Waals surface area contributed by atoms with Gasteiger partial charge in [-0.3, -0.25) is 4.79 Å². The largest absolute Gasteiger partial charge is 0.275 e. The lowest BCUT2D eigenvalue weighted by Gasteiger charge is -2.28. The molecule has 3 aromatic heterocycles. The summed E-state index contributed by atoms with van der Waals surface area (Å²) in [7, 11) is 0. The number of hydrazone groups is 1. The van der Waals surface area contributed by atoms with Crippen LogP contribution in [0, 0.1) is 5.92 Å². The number of nitrogens with zero attached hydrogens (tertiary/aromatic N) is 3. The highest BCUT2D eigenvalue weighted by atomic mass is 32.1. The van der Waals surface area contributed by atoms with Crippen LogP contribution in [-0.4, -0.2) is 21.6 Å². The molecule has 1 fully saturated rings. The van der Waals surface area contributed by atoms with Gasteiger partial charge in [0.25, 0.3) is 5.91 Å². The molecule has 1 saturated carbocycles. The molecule has 0 saturated heterocycles. The van der Waals surface area contributed by atoms with Crippen LogP contribution in [-0.2, 0) is 0 Å². The van der Waals surface area contributed by atoms with Gasteiger partial charge >= 0.3 is 0 Å². The minimum absolute atomic E-state index is 0.0726. The molecule has 0 unspecified atom stereocenters. The molecule has 186 valence electrons. The summed E-state index contributed by atoms with van der Waals surface area (Å²) in [6.07, 6.45) is 5.38. The summed E-state index contributed by atoms with van der Waals surface area (Å²) in [5.74, 6) is 0.121. The second-order valence-electron chi connectivity index (χ2n) is 9.72. The van der Waals surface area contributed by atoms with Crippen molar-refractivity contribution in [2.75, 3.05) is 0 Å². The van der Waals surface area contributed by atoms with E-state index in [1.807, 2.05) is 60.7 Å². The van der Waals surface area contributed by atoms with Crippen molar-refractivity contribution in [3.63, 3.8) is 0 Å². The number of carbonyl (C=O) groups excluding carboxylic acids is 1. The number of pyridine rings is 1. The highest BCUT2D eigenvalue weighted by Crippen LogP contribution is 2.46. The summed E-state index contributed by atoms with van der Waals surface area (Å²) in [6, 6.07) is 28.2. The molecule has 0 N–H and O–H groups in total. The van der Waals surface area contributed by atoms with Gasteiger partial charge < -0.3 is 0 Å². The van der Waals surface area contributed by atoms with E-state index in [-0.39, 0.29) is 17.9 Å². The number of aromatic nitrogens is 1. The van der Waals surface area contributed by atoms with Gasteiger partial charge in [0.15, 0.2) is 0 Å². The predicted octanol–water partition coefficient (Wildman–Crippen LogP) is 8.46. The quantitative estimate of drug-likeness (QED) is 0.233. The molecule has 0 radical (unpaired) electrons. The molecule has 1 aliphatic heterocycles. The van der Waals surface area contributed by atoms with Crippen LogP contribution in [0.3, 0.4) is 0 Å². The van der Waals surface area contributed by atoms with E-state index in [9.17, 15) is 4.79 Å². The van der Waals surface area contributed by atoms with Crippen molar-refractivity contribution >= 4 is 51.3 Å². The van der Waals surface area contributed by atoms with E-state index in [1.54, 1.807) is 27.7 Å². The Labute approximate surface area is 229 Å². The van der Waals surface area contributed by atoms with Gasteiger partial charge in [-0.2, -0.15) is 5.10 Å². The van der Waals surface area contributed by atoms with Gasteiger partial charge in [0.05, 0.1) is 28.5 Å². The standard InChI is InChI=1S/C32H25N3OS2/c36-32(26-20-28(21-9-2-1-3-10-21)33-27-15-5-4-13-24(26)27)35-31(29-16-8-18-38-29)25-14-6-11-22(30(25)34-35)19-23-12-7-17-37-23/h1-5,7-10,12-13,15-20,25,31H,6,11,14H2/b22-19+/t25-,31+/m0/s1. The topological polar surface area (TPSA) is 45.6 Å². The van der Waals surface area contributed by atoms with Gasteiger partial charge in [0.1, 0.15) is 0 Å². The molecule has 38 heavy (non-hydrogen) atoms. The molecule has 4 nitrogen and oxygen atoms in total. The Morgan fingerprint density at radius 2 is 1.74 bits per heavy atom. The number of hydrogen-bond acceptors (Lipinski definition) is 5. The van der Waals surface area contributed by atoms with Crippen LogP contribution in [0.15, 0.2) is 106 Å². The number of hydrogen-bond donors (Lipinski definition) is 0. The Morgan fingerprint density at radius 3 is 2.55 bits per heavy atom. The molecule has 1 aliphatic carbocycles. The molecule has 2 aromatic carbocycles. The number of fused-ring (bicyclic) bond motifs is 2. The molecule has 0 spiro atoms. The monoisotopic (exact) mass is 531 g/mol. The first-order valence-electron chi connectivity index (χ1n) is 12.9. The number of amides is 1. The van der Waals surface area contributed by atoms with E-state index in [1.165, 1.54) is 15.3 Å². The Kier molecular flexibility index (Phi) is 5.99. The van der Waals surface area contributed by atoms with Crippen molar-refractivity contribution in [3.05, 3.63) is 117 Å². The van der Waals surface area contributed by atoms with E-state index < -0.39 is 0 Å². The fourth-order valence-electron chi connectivity index (χ4n) is 5.68. The third kappa shape index (κ3) is 4.10. The Hall–Kier alpha value is -3.87. The van der Waals surface area contributed by atoms with Crippen LogP contribution in [0.4, 0.5) is 0 Å². The predicted molar refractivity (Wildman–Crippen MR) is 157 cm³/mol. The molecule has 4 heterocycles. The van der Waals surface area contributed by atoms with Crippen molar-refractivity contribution < 1.29 is 4.79 Å².